The number of carbonyl (C=O) groups is 1. The van der Waals surface area contributed by atoms with Crippen LogP contribution in [0.5, 0.6) is 0 Å². The third kappa shape index (κ3) is 6.10. The summed E-state index contributed by atoms with van der Waals surface area (Å²) >= 11 is 10.7. The summed E-state index contributed by atoms with van der Waals surface area (Å²) in [6.45, 7) is 2.03. The van der Waals surface area contributed by atoms with Gasteiger partial charge in [0.25, 0.3) is 5.91 Å². The second kappa shape index (κ2) is 10.8. The minimum atomic E-state index is -0.236. The van der Waals surface area contributed by atoms with Crippen LogP contribution in [-0.4, -0.2) is 32.6 Å². The van der Waals surface area contributed by atoms with Crippen LogP contribution in [0.4, 0.5) is 0 Å². The van der Waals surface area contributed by atoms with Crippen molar-refractivity contribution in [3.05, 3.63) is 93.4 Å². The first-order valence-corrected chi connectivity index (χ1v) is 12.1. The summed E-state index contributed by atoms with van der Waals surface area (Å²) in [5.41, 5.74) is 6.38. The molecule has 1 aromatic heterocycles. The van der Waals surface area contributed by atoms with E-state index in [1.165, 1.54) is 11.8 Å². The lowest BCUT2D eigenvalue weighted by Gasteiger charge is -2.10. The van der Waals surface area contributed by atoms with Crippen molar-refractivity contribution in [1.29, 1.82) is 0 Å². The molecule has 0 fully saturated rings. The van der Waals surface area contributed by atoms with Crippen molar-refractivity contribution in [2.75, 3.05) is 5.75 Å². The predicted molar refractivity (Wildman–Crippen MR) is 137 cm³/mol. The van der Waals surface area contributed by atoms with Crippen LogP contribution in [0.2, 0.25) is 5.02 Å². The number of rotatable bonds is 7. The summed E-state index contributed by atoms with van der Waals surface area (Å²) in [6, 6.07) is 23.1. The largest absolute Gasteiger partial charge is 0.272 e. The maximum absolute atomic E-state index is 12.3. The third-order valence-corrected chi connectivity index (χ3v) is 6.34. The normalized spacial score (nSPS) is 11.1. The molecule has 1 amide bonds. The number of hydrogen-bond donors (Lipinski definition) is 1. The molecule has 0 bridgehead atoms. The van der Waals surface area contributed by atoms with Gasteiger partial charge in [0, 0.05) is 20.7 Å². The molecule has 9 heteroatoms. The molecule has 1 N–H and O–H groups in total. The molecule has 3 aromatic carbocycles. The number of nitrogens with one attached hydrogen (secondary N) is 1. The topological polar surface area (TPSA) is 72.2 Å². The number of halogens is 2. The van der Waals surface area contributed by atoms with E-state index in [9.17, 15) is 4.79 Å². The molecule has 0 unspecified atom stereocenters. The summed E-state index contributed by atoms with van der Waals surface area (Å²) in [5.74, 6) is 0.578. The van der Waals surface area contributed by atoms with Gasteiger partial charge < -0.3 is 0 Å². The van der Waals surface area contributed by atoms with E-state index < -0.39 is 0 Å². The number of hydrogen-bond acceptors (Lipinski definition) is 5. The van der Waals surface area contributed by atoms with Gasteiger partial charge in [-0.2, -0.15) is 5.10 Å². The Balaban J connectivity index is 1.51. The average Bonchev–Trinajstić information content (AvgIpc) is 3.24. The van der Waals surface area contributed by atoms with Gasteiger partial charge in [0.15, 0.2) is 11.0 Å². The Bertz CT molecular complexity index is 1270. The first kappa shape index (κ1) is 23.2. The van der Waals surface area contributed by atoms with E-state index in [2.05, 4.69) is 36.7 Å². The number of aryl methyl sites for hydroxylation is 1. The second-order valence-corrected chi connectivity index (χ2v) is 9.41. The molecule has 166 valence electrons. The Morgan fingerprint density at radius 2 is 1.76 bits per heavy atom. The zero-order valence-corrected chi connectivity index (χ0v) is 20.7. The van der Waals surface area contributed by atoms with Crippen molar-refractivity contribution in [3.8, 4) is 17.1 Å². The zero-order chi connectivity index (χ0) is 23.2. The molecule has 0 aliphatic carbocycles. The molecule has 6 nitrogen and oxygen atoms in total. The lowest BCUT2D eigenvalue weighted by atomic mass is 10.2. The maximum atomic E-state index is 12.3. The average molecular weight is 541 g/mol. The molecule has 0 spiro atoms. The van der Waals surface area contributed by atoms with Crippen molar-refractivity contribution in [3.63, 3.8) is 0 Å². The molecule has 0 aliphatic rings. The SMILES string of the molecule is Cc1ccc(-n2c(SCC(=O)N/N=C/c3ccc(Br)cc3)nnc2-c2ccc(Cl)cc2)cc1. The third-order valence-electron chi connectivity index (χ3n) is 4.63. The molecule has 0 saturated heterocycles. The van der Waals surface area contributed by atoms with Crippen molar-refractivity contribution in [1.82, 2.24) is 20.2 Å². The number of aromatic nitrogens is 3. The Morgan fingerprint density at radius 3 is 2.45 bits per heavy atom. The van der Waals surface area contributed by atoms with Gasteiger partial charge >= 0.3 is 0 Å². The zero-order valence-electron chi connectivity index (χ0n) is 17.6. The number of nitrogens with zero attached hydrogens (tertiary/aromatic N) is 4. The van der Waals surface area contributed by atoms with Gasteiger partial charge in [-0.05, 0) is 61.0 Å². The van der Waals surface area contributed by atoms with Crippen LogP contribution in [0.25, 0.3) is 17.1 Å². The van der Waals surface area contributed by atoms with E-state index in [0.717, 1.165) is 26.9 Å². The van der Waals surface area contributed by atoms with Crippen molar-refractivity contribution < 1.29 is 4.79 Å². The highest BCUT2D eigenvalue weighted by Gasteiger charge is 2.17. The van der Waals surface area contributed by atoms with Crippen LogP contribution in [0.1, 0.15) is 11.1 Å². The highest BCUT2D eigenvalue weighted by atomic mass is 79.9. The van der Waals surface area contributed by atoms with Gasteiger partial charge in [-0.25, -0.2) is 5.43 Å². The van der Waals surface area contributed by atoms with Crippen molar-refractivity contribution >= 4 is 51.4 Å². The van der Waals surface area contributed by atoms with Gasteiger partial charge in [-0.1, -0.05) is 69.1 Å². The maximum Gasteiger partial charge on any atom is 0.250 e. The molecule has 0 aliphatic heterocycles. The molecule has 33 heavy (non-hydrogen) atoms. The summed E-state index contributed by atoms with van der Waals surface area (Å²) in [7, 11) is 0. The van der Waals surface area contributed by atoms with Crippen LogP contribution in [-0.2, 0) is 4.79 Å². The minimum Gasteiger partial charge on any atom is -0.272 e. The van der Waals surface area contributed by atoms with Crippen LogP contribution < -0.4 is 5.43 Å². The first-order chi connectivity index (χ1) is 16.0. The van der Waals surface area contributed by atoms with Gasteiger partial charge in [0.1, 0.15) is 0 Å². The van der Waals surface area contributed by atoms with Gasteiger partial charge in [0.2, 0.25) is 0 Å². The quantitative estimate of drug-likeness (QED) is 0.180. The fourth-order valence-corrected chi connectivity index (χ4v) is 4.10. The summed E-state index contributed by atoms with van der Waals surface area (Å²) in [4.78, 5) is 12.3. The molecule has 1 heterocycles. The van der Waals surface area contributed by atoms with E-state index in [0.29, 0.717) is 16.0 Å². The summed E-state index contributed by atoms with van der Waals surface area (Å²) in [5, 5.41) is 14.0. The van der Waals surface area contributed by atoms with E-state index in [-0.39, 0.29) is 11.7 Å². The second-order valence-electron chi connectivity index (χ2n) is 7.12. The van der Waals surface area contributed by atoms with Crippen LogP contribution in [0.3, 0.4) is 0 Å². The summed E-state index contributed by atoms with van der Waals surface area (Å²) in [6.07, 6.45) is 1.60. The van der Waals surface area contributed by atoms with Crippen LogP contribution in [0.15, 0.2) is 87.5 Å². The van der Waals surface area contributed by atoms with E-state index in [1.807, 2.05) is 84.3 Å². The number of hydrazone groups is 1. The van der Waals surface area contributed by atoms with E-state index in [1.54, 1.807) is 6.21 Å². The Labute approximate surface area is 209 Å². The fourth-order valence-electron chi connectivity index (χ4n) is 2.97. The van der Waals surface area contributed by atoms with Crippen LogP contribution >= 0.6 is 39.3 Å². The Kier molecular flexibility index (Phi) is 7.59. The molecular formula is C24H19BrClN5OS. The van der Waals surface area contributed by atoms with Gasteiger partial charge in [-0.15, -0.1) is 10.2 Å². The monoisotopic (exact) mass is 539 g/mol. The lowest BCUT2D eigenvalue weighted by Crippen LogP contribution is -2.20. The van der Waals surface area contributed by atoms with Gasteiger partial charge in [0.05, 0.1) is 12.0 Å². The minimum absolute atomic E-state index is 0.141. The molecular weight excluding hydrogens is 522 g/mol. The van der Waals surface area contributed by atoms with E-state index >= 15 is 0 Å². The summed E-state index contributed by atoms with van der Waals surface area (Å²) < 4.78 is 2.92. The highest BCUT2D eigenvalue weighted by molar-refractivity contribution is 9.10. The fraction of sp³-hybridized carbons (Fsp3) is 0.0833. The standard InChI is InChI=1S/C24H19BrClN5OS/c1-16-2-12-21(13-3-16)31-23(18-6-10-20(26)11-7-18)29-30-24(31)33-15-22(32)28-27-14-17-4-8-19(25)9-5-17/h2-14H,15H2,1H3,(H,28,32)/b27-14+. The van der Waals surface area contributed by atoms with Crippen molar-refractivity contribution in [2.24, 2.45) is 5.10 Å². The highest BCUT2D eigenvalue weighted by Crippen LogP contribution is 2.28. The molecule has 4 rings (SSSR count). The Hall–Kier alpha value is -2.94. The van der Waals surface area contributed by atoms with Crippen LogP contribution in [0, 0.1) is 6.92 Å². The first-order valence-electron chi connectivity index (χ1n) is 9.98. The number of thioether (sulfide) groups is 1. The molecule has 0 atom stereocenters. The van der Waals surface area contributed by atoms with Crippen molar-refractivity contribution in [2.45, 2.75) is 12.1 Å². The molecule has 0 radical (unpaired) electrons. The van der Waals surface area contributed by atoms with Gasteiger partial charge in [-0.3, -0.25) is 9.36 Å². The van der Waals surface area contributed by atoms with E-state index in [4.69, 9.17) is 11.6 Å². The number of amides is 1. The Morgan fingerprint density at radius 1 is 1.06 bits per heavy atom. The molecule has 0 saturated carbocycles. The molecule has 4 aromatic rings. The smallest absolute Gasteiger partial charge is 0.250 e. The number of benzene rings is 3. The lowest BCUT2D eigenvalue weighted by molar-refractivity contribution is -0.118. The predicted octanol–water partition coefficient (Wildman–Crippen LogP) is 5.90. The number of carbonyl (C=O) groups excluding carboxylic acids is 1.